The molecule has 71 valence electrons. The number of aliphatic hydroxyl groups excluding tert-OH is 1. The van der Waals surface area contributed by atoms with E-state index in [1.165, 1.54) is 11.3 Å². The smallest absolute Gasteiger partial charge is 0.261 e. The van der Waals surface area contributed by atoms with Crippen LogP contribution in [0.15, 0.2) is 12.1 Å². The number of hydrogen-bond acceptors (Lipinski definition) is 3. The monoisotopic (exact) mass is 218 g/mol. The van der Waals surface area contributed by atoms with Crippen LogP contribution in [0, 0.1) is 6.92 Å². The molecule has 3 nitrogen and oxygen atoms in total. The second kappa shape index (κ2) is 4.60. The van der Waals surface area contributed by atoms with Gasteiger partial charge in [0.2, 0.25) is 0 Å². The first-order chi connectivity index (χ1) is 6.09. The van der Waals surface area contributed by atoms with Crippen LogP contribution in [0.2, 0.25) is 4.34 Å². The highest BCUT2D eigenvalue weighted by molar-refractivity contribution is 7.17. The number of carbonyl (C=O) groups excluding carboxylic acids is 1. The maximum atomic E-state index is 11.3. The molecule has 0 aliphatic rings. The molecule has 1 aromatic heterocycles. The molecular weight excluding hydrogens is 210 g/mol. The molecule has 1 rings (SSSR count). The van der Waals surface area contributed by atoms with E-state index in [1.807, 2.05) is 0 Å². The van der Waals surface area contributed by atoms with Gasteiger partial charge in [-0.05, 0) is 19.1 Å². The summed E-state index contributed by atoms with van der Waals surface area (Å²) in [5, 5.41) is 11.3. The molecule has 0 saturated carbocycles. The van der Waals surface area contributed by atoms with Crippen LogP contribution < -0.4 is 5.32 Å². The zero-order valence-electron chi connectivity index (χ0n) is 6.79. The summed E-state index contributed by atoms with van der Waals surface area (Å²) in [6, 6.07) is 3.29. The van der Waals surface area contributed by atoms with Gasteiger partial charge in [-0.3, -0.25) is 4.79 Å². The maximum absolute atomic E-state index is 11.3. The highest BCUT2D eigenvalue weighted by Crippen LogP contribution is 2.20. The Morgan fingerprint density at radius 1 is 1.77 bits per heavy atom. The third-order valence-electron chi connectivity index (χ3n) is 1.30. The Kier molecular flexibility index (Phi) is 3.71. The molecule has 0 saturated heterocycles. The average Bonchev–Trinajstić information content (AvgIpc) is 2.47. The molecule has 1 heterocycles. The van der Waals surface area contributed by atoms with Crippen LogP contribution in [0.3, 0.4) is 0 Å². The van der Waals surface area contributed by atoms with E-state index in [1.54, 1.807) is 12.1 Å². The maximum Gasteiger partial charge on any atom is 0.261 e. The molecule has 0 spiro atoms. The number of hydrogen-bond donors (Lipinski definition) is 2. The number of halogens is 1. The van der Waals surface area contributed by atoms with Crippen molar-refractivity contribution < 1.29 is 9.90 Å². The Balaban J connectivity index is 2.49. The molecule has 0 aromatic carbocycles. The van der Waals surface area contributed by atoms with Gasteiger partial charge in [-0.15, -0.1) is 11.3 Å². The normalized spacial score (nSPS) is 12.5. The van der Waals surface area contributed by atoms with Crippen molar-refractivity contribution in [2.75, 3.05) is 6.54 Å². The first-order valence-corrected chi connectivity index (χ1v) is 4.83. The summed E-state index contributed by atoms with van der Waals surface area (Å²) < 4.78 is 0.570. The standard InChI is InChI=1S/C8H9ClNO2S/c1-5(11)4-10-8(12)6-2-3-7(9)13-6/h2-3,5,11H,1,4H2,(H,10,12)/t5-/m0/s1. The second-order valence-corrected chi connectivity index (χ2v) is 4.18. The van der Waals surface area contributed by atoms with Crippen LogP contribution in [-0.4, -0.2) is 23.7 Å². The van der Waals surface area contributed by atoms with Crippen LogP contribution in [0.4, 0.5) is 0 Å². The molecular formula is C8H9ClNO2S. The van der Waals surface area contributed by atoms with Gasteiger partial charge in [0.15, 0.2) is 0 Å². The molecule has 1 aromatic rings. The predicted molar refractivity (Wildman–Crippen MR) is 53.0 cm³/mol. The first-order valence-electron chi connectivity index (χ1n) is 3.64. The number of amides is 1. The summed E-state index contributed by atoms with van der Waals surface area (Å²) in [6.07, 6.45) is -0.778. The lowest BCUT2D eigenvalue weighted by atomic mass is 10.4. The largest absolute Gasteiger partial charge is 0.391 e. The molecule has 0 fully saturated rings. The van der Waals surface area contributed by atoms with Crippen molar-refractivity contribution >= 4 is 28.8 Å². The molecule has 1 amide bonds. The fraction of sp³-hybridized carbons (Fsp3) is 0.250. The zero-order chi connectivity index (χ0) is 9.84. The topological polar surface area (TPSA) is 49.3 Å². The number of rotatable bonds is 3. The van der Waals surface area contributed by atoms with Gasteiger partial charge in [-0.2, -0.15) is 0 Å². The van der Waals surface area contributed by atoms with Crippen LogP contribution >= 0.6 is 22.9 Å². The van der Waals surface area contributed by atoms with Crippen LogP contribution in [0.1, 0.15) is 9.67 Å². The van der Waals surface area contributed by atoms with E-state index < -0.39 is 6.10 Å². The van der Waals surface area contributed by atoms with Crippen LogP contribution in [0.5, 0.6) is 0 Å². The number of thiophene rings is 1. The van der Waals surface area contributed by atoms with E-state index >= 15 is 0 Å². The highest BCUT2D eigenvalue weighted by atomic mass is 35.5. The number of carbonyl (C=O) groups is 1. The Morgan fingerprint density at radius 2 is 2.46 bits per heavy atom. The van der Waals surface area contributed by atoms with Gasteiger partial charge in [0, 0.05) is 6.54 Å². The van der Waals surface area contributed by atoms with E-state index in [-0.39, 0.29) is 12.5 Å². The minimum Gasteiger partial charge on any atom is -0.391 e. The van der Waals surface area contributed by atoms with Crippen molar-refractivity contribution in [3.8, 4) is 0 Å². The lowest BCUT2D eigenvalue weighted by Gasteiger charge is -2.04. The zero-order valence-corrected chi connectivity index (χ0v) is 8.36. The van der Waals surface area contributed by atoms with E-state index in [0.29, 0.717) is 9.21 Å². The molecule has 1 atom stereocenters. The fourth-order valence-electron chi connectivity index (χ4n) is 0.734. The molecule has 0 unspecified atom stereocenters. The number of aliphatic hydroxyl groups is 1. The van der Waals surface area contributed by atoms with Crippen LogP contribution in [-0.2, 0) is 0 Å². The lowest BCUT2D eigenvalue weighted by Crippen LogP contribution is -2.30. The molecule has 0 aliphatic carbocycles. The van der Waals surface area contributed by atoms with Crippen molar-refractivity contribution in [2.24, 2.45) is 0 Å². The minimum atomic E-state index is -0.778. The minimum absolute atomic E-state index is 0.147. The summed E-state index contributed by atoms with van der Waals surface area (Å²) in [5.41, 5.74) is 0. The Bertz CT molecular complexity index is 298. The van der Waals surface area contributed by atoms with E-state index in [0.717, 1.165) is 0 Å². The van der Waals surface area contributed by atoms with Crippen molar-refractivity contribution in [3.05, 3.63) is 28.3 Å². The third-order valence-corrected chi connectivity index (χ3v) is 2.53. The predicted octanol–water partition coefficient (Wildman–Crippen LogP) is 1.33. The summed E-state index contributed by atoms with van der Waals surface area (Å²) in [5.74, 6) is -0.236. The quantitative estimate of drug-likeness (QED) is 0.804. The Morgan fingerprint density at radius 3 is 2.92 bits per heavy atom. The lowest BCUT2D eigenvalue weighted by molar-refractivity contribution is 0.0936. The molecule has 2 N–H and O–H groups in total. The van der Waals surface area contributed by atoms with Gasteiger partial charge in [0.25, 0.3) is 5.91 Å². The Hall–Kier alpha value is -0.580. The fourth-order valence-corrected chi connectivity index (χ4v) is 1.69. The molecule has 0 bridgehead atoms. The summed E-state index contributed by atoms with van der Waals surface area (Å²) in [4.78, 5) is 11.8. The highest BCUT2D eigenvalue weighted by Gasteiger charge is 2.08. The van der Waals surface area contributed by atoms with E-state index in [4.69, 9.17) is 16.7 Å². The van der Waals surface area contributed by atoms with Gasteiger partial charge >= 0.3 is 0 Å². The van der Waals surface area contributed by atoms with Crippen molar-refractivity contribution in [1.29, 1.82) is 0 Å². The van der Waals surface area contributed by atoms with Gasteiger partial charge in [-0.25, -0.2) is 0 Å². The van der Waals surface area contributed by atoms with Crippen LogP contribution in [0.25, 0.3) is 0 Å². The second-order valence-electron chi connectivity index (χ2n) is 2.47. The molecule has 0 aliphatic heterocycles. The van der Waals surface area contributed by atoms with Gasteiger partial charge in [0.1, 0.15) is 0 Å². The van der Waals surface area contributed by atoms with E-state index in [2.05, 4.69) is 12.2 Å². The first kappa shape index (κ1) is 10.5. The van der Waals surface area contributed by atoms with Gasteiger partial charge in [-0.1, -0.05) is 11.6 Å². The summed E-state index contributed by atoms with van der Waals surface area (Å²) in [7, 11) is 0. The van der Waals surface area contributed by atoms with E-state index in [9.17, 15) is 4.79 Å². The number of nitrogens with one attached hydrogen (secondary N) is 1. The molecule has 13 heavy (non-hydrogen) atoms. The van der Waals surface area contributed by atoms with Crippen molar-refractivity contribution in [3.63, 3.8) is 0 Å². The summed E-state index contributed by atoms with van der Waals surface area (Å²) >= 11 is 6.84. The van der Waals surface area contributed by atoms with Gasteiger partial charge in [0.05, 0.1) is 15.3 Å². The van der Waals surface area contributed by atoms with Gasteiger partial charge < -0.3 is 10.4 Å². The van der Waals surface area contributed by atoms with Crippen molar-refractivity contribution in [2.45, 2.75) is 6.10 Å². The molecule has 1 radical (unpaired) electrons. The summed E-state index contributed by atoms with van der Waals surface area (Å²) in [6.45, 7) is 3.47. The SMILES string of the molecule is [CH2][C@H](O)CNC(=O)c1ccc(Cl)s1. The third kappa shape index (κ3) is 3.34. The molecule has 5 heteroatoms. The van der Waals surface area contributed by atoms with Crippen molar-refractivity contribution in [1.82, 2.24) is 5.32 Å². The average molecular weight is 219 g/mol. The Labute approximate surface area is 85.3 Å².